The average molecular weight is 465 g/mol. The Kier molecular flexibility index (Phi) is 6.22. The molecule has 0 atom stereocenters. The van der Waals surface area contributed by atoms with Crippen LogP contribution in [0.25, 0.3) is 32.9 Å². The van der Waals surface area contributed by atoms with Gasteiger partial charge in [-0.15, -0.1) is 0 Å². The first-order chi connectivity index (χ1) is 16.4. The minimum atomic E-state index is -0.791. The summed E-state index contributed by atoms with van der Waals surface area (Å²) < 4.78 is 35.6. The van der Waals surface area contributed by atoms with Crippen LogP contribution in [0.5, 0.6) is 11.8 Å². The second kappa shape index (κ2) is 9.26. The van der Waals surface area contributed by atoms with Crippen LogP contribution in [-0.2, 0) is 11.3 Å². The van der Waals surface area contributed by atoms with Gasteiger partial charge in [0, 0.05) is 11.8 Å². The summed E-state index contributed by atoms with van der Waals surface area (Å²) in [7, 11) is 1.35. The minimum Gasteiger partial charge on any atom is -0.508 e. The Labute approximate surface area is 193 Å². The SMILES string of the molecule is C=CONC(C)=Nc1nc(OC)nc2c(F)c(-c3cc(O)cc4ccc(F)c(CC)c34)ncc12. The van der Waals surface area contributed by atoms with Gasteiger partial charge in [0.1, 0.15) is 34.9 Å². The molecule has 0 radical (unpaired) electrons. The van der Waals surface area contributed by atoms with Crippen molar-refractivity contribution < 1.29 is 23.5 Å². The number of hydrogen-bond donors (Lipinski definition) is 2. The summed E-state index contributed by atoms with van der Waals surface area (Å²) in [4.78, 5) is 21.8. The van der Waals surface area contributed by atoms with E-state index in [9.17, 15) is 9.50 Å². The Morgan fingerprint density at radius 1 is 1.26 bits per heavy atom. The van der Waals surface area contributed by atoms with Gasteiger partial charge in [-0.1, -0.05) is 19.6 Å². The van der Waals surface area contributed by atoms with Crippen molar-refractivity contribution in [2.24, 2.45) is 4.99 Å². The number of aliphatic imine (C=N–C) groups is 1. The number of benzene rings is 2. The Balaban J connectivity index is 2.01. The number of methoxy groups -OCH3 is 1. The second-order valence-corrected chi connectivity index (χ2v) is 7.27. The fraction of sp³-hybridized carbons (Fsp3) is 0.167. The lowest BCUT2D eigenvalue weighted by molar-refractivity contribution is 0.194. The lowest BCUT2D eigenvalue weighted by Gasteiger charge is -2.14. The molecule has 174 valence electrons. The van der Waals surface area contributed by atoms with Crippen LogP contribution in [0.1, 0.15) is 19.4 Å². The van der Waals surface area contributed by atoms with E-state index in [1.165, 1.54) is 43.8 Å². The van der Waals surface area contributed by atoms with Crippen molar-refractivity contribution >= 4 is 33.3 Å². The molecule has 0 aliphatic rings. The van der Waals surface area contributed by atoms with Crippen LogP contribution in [0.3, 0.4) is 0 Å². The number of aromatic hydroxyl groups is 1. The average Bonchev–Trinajstić information content (AvgIpc) is 2.83. The maximum absolute atomic E-state index is 15.9. The molecule has 0 aliphatic heterocycles. The van der Waals surface area contributed by atoms with Crippen molar-refractivity contribution in [3.05, 3.63) is 60.5 Å². The van der Waals surface area contributed by atoms with Gasteiger partial charge < -0.3 is 14.7 Å². The van der Waals surface area contributed by atoms with Crippen LogP contribution in [0.2, 0.25) is 0 Å². The summed E-state index contributed by atoms with van der Waals surface area (Å²) in [6.45, 7) is 6.84. The zero-order chi connectivity index (χ0) is 24.4. The van der Waals surface area contributed by atoms with Gasteiger partial charge in [-0.05, 0) is 47.9 Å². The first-order valence-corrected chi connectivity index (χ1v) is 10.3. The van der Waals surface area contributed by atoms with E-state index in [0.29, 0.717) is 28.6 Å². The summed E-state index contributed by atoms with van der Waals surface area (Å²) in [5.74, 6) is -0.909. The number of phenols is 1. The van der Waals surface area contributed by atoms with Crippen molar-refractivity contribution in [3.63, 3.8) is 0 Å². The molecule has 0 unspecified atom stereocenters. The molecule has 2 heterocycles. The second-order valence-electron chi connectivity index (χ2n) is 7.27. The van der Waals surface area contributed by atoms with Gasteiger partial charge in [0.15, 0.2) is 11.6 Å². The molecule has 0 amide bonds. The Bertz CT molecular complexity index is 1460. The van der Waals surface area contributed by atoms with E-state index in [1.54, 1.807) is 13.8 Å². The van der Waals surface area contributed by atoms with Crippen LogP contribution in [-0.4, -0.2) is 33.0 Å². The van der Waals surface area contributed by atoms with Crippen LogP contribution >= 0.6 is 0 Å². The molecule has 10 heteroatoms. The fourth-order valence-corrected chi connectivity index (χ4v) is 3.73. The predicted molar refractivity (Wildman–Crippen MR) is 125 cm³/mol. The highest BCUT2D eigenvalue weighted by molar-refractivity contribution is 6.01. The van der Waals surface area contributed by atoms with Gasteiger partial charge in [0.2, 0.25) is 0 Å². The summed E-state index contributed by atoms with van der Waals surface area (Å²) in [5.41, 5.74) is 2.96. The maximum Gasteiger partial charge on any atom is 0.318 e. The predicted octanol–water partition coefficient (Wildman–Crippen LogP) is 5.11. The third-order valence-corrected chi connectivity index (χ3v) is 5.15. The zero-order valence-corrected chi connectivity index (χ0v) is 18.7. The van der Waals surface area contributed by atoms with Crippen molar-refractivity contribution in [1.29, 1.82) is 0 Å². The number of hydrogen-bond acceptors (Lipinski definition) is 7. The van der Waals surface area contributed by atoms with Gasteiger partial charge >= 0.3 is 6.01 Å². The number of phenolic OH excluding ortho intramolecular Hbond substituents is 1. The molecule has 0 saturated heterocycles. The maximum atomic E-state index is 15.9. The molecular formula is C24H21F2N5O3. The highest BCUT2D eigenvalue weighted by atomic mass is 19.1. The molecule has 0 aliphatic carbocycles. The molecule has 34 heavy (non-hydrogen) atoms. The van der Waals surface area contributed by atoms with Crippen LogP contribution in [0, 0.1) is 11.6 Å². The number of rotatable bonds is 6. The van der Waals surface area contributed by atoms with E-state index in [0.717, 1.165) is 0 Å². The number of nitrogens with one attached hydrogen (secondary N) is 1. The molecule has 0 saturated carbocycles. The molecule has 2 aromatic heterocycles. The van der Waals surface area contributed by atoms with Gasteiger partial charge in [-0.2, -0.15) is 9.97 Å². The first kappa shape index (κ1) is 22.8. The summed E-state index contributed by atoms with van der Waals surface area (Å²) >= 11 is 0. The molecule has 4 aromatic rings. The van der Waals surface area contributed by atoms with Crippen LogP contribution in [0.4, 0.5) is 14.6 Å². The molecular weight excluding hydrogens is 444 g/mol. The van der Waals surface area contributed by atoms with Gasteiger partial charge in [0.05, 0.1) is 12.5 Å². The lowest BCUT2D eigenvalue weighted by atomic mass is 9.94. The Morgan fingerprint density at radius 2 is 2.06 bits per heavy atom. The van der Waals surface area contributed by atoms with E-state index >= 15 is 4.39 Å². The van der Waals surface area contributed by atoms with E-state index in [1.807, 2.05) is 0 Å². The number of halogens is 2. The molecule has 2 aromatic carbocycles. The number of nitrogens with zero attached hydrogens (tertiary/aromatic N) is 4. The number of fused-ring (bicyclic) bond motifs is 2. The van der Waals surface area contributed by atoms with Gasteiger partial charge in [0.25, 0.3) is 0 Å². The molecule has 4 rings (SSSR count). The van der Waals surface area contributed by atoms with E-state index in [-0.39, 0.29) is 39.7 Å². The van der Waals surface area contributed by atoms with Crippen molar-refractivity contribution in [1.82, 2.24) is 20.4 Å². The Morgan fingerprint density at radius 3 is 2.76 bits per heavy atom. The number of hydroxylamine groups is 1. The lowest BCUT2D eigenvalue weighted by Crippen LogP contribution is -2.17. The molecule has 0 fully saturated rings. The zero-order valence-electron chi connectivity index (χ0n) is 18.7. The van der Waals surface area contributed by atoms with Crippen molar-refractivity contribution in [2.45, 2.75) is 20.3 Å². The van der Waals surface area contributed by atoms with Gasteiger partial charge in [-0.3, -0.25) is 4.98 Å². The van der Waals surface area contributed by atoms with Crippen LogP contribution < -0.4 is 10.2 Å². The minimum absolute atomic E-state index is 0.0959. The van der Waals surface area contributed by atoms with E-state index in [4.69, 9.17) is 9.57 Å². The third kappa shape index (κ3) is 4.05. The number of aromatic nitrogens is 3. The summed E-state index contributed by atoms with van der Waals surface area (Å²) in [6.07, 6.45) is 2.91. The first-order valence-electron chi connectivity index (χ1n) is 10.3. The summed E-state index contributed by atoms with van der Waals surface area (Å²) in [5, 5.41) is 11.5. The fourth-order valence-electron chi connectivity index (χ4n) is 3.73. The largest absolute Gasteiger partial charge is 0.508 e. The van der Waals surface area contributed by atoms with E-state index < -0.39 is 11.6 Å². The van der Waals surface area contributed by atoms with Crippen molar-refractivity contribution in [3.8, 4) is 23.0 Å². The molecule has 0 bridgehead atoms. The van der Waals surface area contributed by atoms with Crippen molar-refractivity contribution in [2.75, 3.05) is 7.11 Å². The summed E-state index contributed by atoms with van der Waals surface area (Å²) in [6, 6.07) is 5.60. The smallest absolute Gasteiger partial charge is 0.318 e. The topological polar surface area (TPSA) is 102 Å². The third-order valence-electron chi connectivity index (χ3n) is 5.15. The number of ether oxygens (including phenoxy) is 1. The molecule has 8 nitrogen and oxygen atoms in total. The molecule has 0 spiro atoms. The number of aryl methyl sites for hydroxylation is 1. The molecule has 2 N–H and O–H groups in total. The van der Waals surface area contributed by atoms with Gasteiger partial charge in [-0.25, -0.2) is 19.3 Å². The highest BCUT2D eigenvalue weighted by Crippen LogP contribution is 2.38. The highest BCUT2D eigenvalue weighted by Gasteiger charge is 2.21. The number of pyridine rings is 1. The monoisotopic (exact) mass is 465 g/mol. The normalized spacial score (nSPS) is 11.6. The standard InChI is InChI=1S/C24H21F2N5O3/c1-5-15-18(25)8-7-13-9-14(32)10-16(19(13)15)21-20(26)22-17(11-27-21)23(30-24(29-22)33-4)28-12(3)31-34-6-2/h6-11,32H,2,5H2,1,3-4H3,(H,28,29,30,31). The van der Waals surface area contributed by atoms with E-state index in [2.05, 4.69) is 32.0 Å². The quantitative estimate of drug-likeness (QED) is 0.176. The Hall–Kier alpha value is -4.34. The van der Waals surface area contributed by atoms with Crippen LogP contribution in [0.15, 0.2) is 48.3 Å². The number of amidine groups is 1.